The molecule has 3 nitrogen and oxygen atoms in total. The maximum absolute atomic E-state index is 5.57. The molecule has 1 rings (SSSR count). The summed E-state index contributed by atoms with van der Waals surface area (Å²) in [5.41, 5.74) is 6.62. The van der Waals surface area contributed by atoms with Gasteiger partial charge in [0.15, 0.2) is 0 Å². The second-order valence-electron chi connectivity index (χ2n) is 2.66. The minimum Gasteiger partial charge on any atom is -0.326 e. The number of hydrogen-bond donors (Lipinski definition) is 1. The maximum Gasteiger partial charge on any atom is 0.0593 e. The van der Waals surface area contributed by atoms with E-state index < -0.39 is 0 Å². The van der Waals surface area contributed by atoms with E-state index in [4.69, 9.17) is 5.73 Å². The third kappa shape index (κ3) is 1.84. The van der Waals surface area contributed by atoms with Crippen LogP contribution >= 0.6 is 0 Å². The van der Waals surface area contributed by atoms with Crippen LogP contribution in [0.4, 0.5) is 0 Å². The van der Waals surface area contributed by atoms with Gasteiger partial charge in [0.1, 0.15) is 0 Å². The minimum absolute atomic E-state index is 0.180. The molecule has 2 N–H and O–H groups in total. The molecule has 0 aromatic carbocycles. The lowest BCUT2D eigenvalue weighted by Gasteiger charge is -2.03. The lowest BCUT2D eigenvalue weighted by molar-refractivity contribution is 0.536. The van der Waals surface area contributed by atoms with Gasteiger partial charge in [-0.15, -0.1) is 0 Å². The number of nitrogens with zero attached hydrogens (tertiary/aromatic N) is 2. The van der Waals surface area contributed by atoms with Gasteiger partial charge in [0.05, 0.1) is 12.2 Å². The molecule has 0 radical (unpaired) electrons. The van der Waals surface area contributed by atoms with Crippen LogP contribution in [0.3, 0.4) is 0 Å². The fraction of sp³-hybridized carbons (Fsp3) is 0.571. The zero-order valence-corrected chi connectivity index (χ0v) is 6.41. The number of aryl methyl sites for hydroxylation is 1. The van der Waals surface area contributed by atoms with E-state index in [1.54, 1.807) is 0 Å². The van der Waals surface area contributed by atoms with Gasteiger partial charge in [-0.2, -0.15) is 5.10 Å². The summed E-state index contributed by atoms with van der Waals surface area (Å²) in [6, 6.07) is 2.15. The number of hydrogen-bond acceptors (Lipinski definition) is 2. The van der Waals surface area contributed by atoms with Gasteiger partial charge >= 0.3 is 0 Å². The van der Waals surface area contributed by atoms with Crippen molar-refractivity contribution in [3.05, 3.63) is 18.0 Å². The summed E-state index contributed by atoms with van der Waals surface area (Å²) in [7, 11) is 0. The van der Waals surface area contributed by atoms with Crippen LogP contribution in [0.25, 0.3) is 0 Å². The molecule has 0 aliphatic carbocycles. The van der Waals surface area contributed by atoms with Crippen LogP contribution in [0.2, 0.25) is 0 Å². The standard InChI is InChI=1S/C7H13N3/c1-6(8)5-10-4-3-7(2)9-10/h3-4,6H,5,8H2,1-2H3/t6-/m0/s1. The highest BCUT2D eigenvalue weighted by Gasteiger charge is 1.96. The highest BCUT2D eigenvalue weighted by atomic mass is 15.3. The van der Waals surface area contributed by atoms with Crippen LogP contribution in [-0.2, 0) is 6.54 Å². The van der Waals surface area contributed by atoms with E-state index in [-0.39, 0.29) is 6.04 Å². The van der Waals surface area contributed by atoms with E-state index in [1.165, 1.54) is 0 Å². The van der Waals surface area contributed by atoms with Crippen molar-refractivity contribution in [2.75, 3.05) is 0 Å². The van der Waals surface area contributed by atoms with Gasteiger partial charge in [0, 0.05) is 12.2 Å². The number of aromatic nitrogens is 2. The van der Waals surface area contributed by atoms with Crippen molar-refractivity contribution in [2.45, 2.75) is 26.4 Å². The SMILES string of the molecule is Cc1ccn(C[C@H](C)N)n1. The molecule has 0 bridgehead atoms. The first kappa shape index (κ1) is 7.28. The molecular formula is C7H13N3. The van der Waals surface area contributed by atoms with Gasteiger partial charge in [-0.05, 0) is 19.9 Å². The normalized spacial score (nSPS) is 13.5. The molecule has 0 fully saturated rings. The zero-order valence-electron chi connectivity index (χ0n) is 6.41. The predicted octanol–water partition coefficient (Wildman–Crippen LogP) is 0.539. The van der Waals surface area contributed by atoms with E-state index in [0.29, 0.717) is 0 Å². The summed E-state index contributed by atoms with van der Waals surface area (Å²) >= 11 is 0. The smallest absolute Gasteiger partial charge is 0.0593 e. The predicted molar refractivity (Wildman–Crippen MR) is 40.6 cm³/mol. The van der Waals surface area contributed by atoms with Gasteiger partial charge in [-0.3, -0.25) is 4.68 Å². The van der Waals surface area contributed by atoms with Crippen molar-refractivity contribution in [1.29, 1.82) is 0 Å². The highest BCUT2D eigenvalue weighted by molar-refractivity contribution is 4.94. The van der Waals surface area contributed by atoms with E-state index in [0.717, 1.165) is 12.2 Å². The molecule has 10 heavy (non-hydrogen) atoms. The van der Waals surface area contributed by atoms with Crippen molar-refractivity contribution >= 4 is 0 Å². The monoisotopic (exact) mass is 139 g/mol. The molecule has 3 heteroatoms. The van der Waals surface area contributed by atoms with Crippen LogP contribution < -0.4 is 5.73 Å². The van der Waals surface area contributed by atoms with Gasteiger partial charge in [0.25, 0.3) is 0 Å². The molecule has 1 heterocycles. The van der Waals surface area contributed by atoms with Gasteiger partial charge in [0.2, 0.25) is 0 Å². The molecule has 0 aliphatic rings. The molecule has 1 aromatic rings. The summed E-state index contributed by atoms with van der Waals surface area (Å²) in [6.45, 7) is 4.74. The Morgan fingerprint density at radius 3 is 2.90 bits per heavy atom. The van der Waals surface area contributed by atoms with E-state index in [2.05, 4.69) is 5.10 Å². The van der Waals surface area contributed by atoms with Crippen molar-refractivity contribution in [1.82, 2.24) is 9.78 Å². The Labute approximate surface area is 60.8 Å². The maximum atomic E-state index is 5.57. The molecule has 0 aliphatic heterocycles. The van der Waals surface area contributed by atoms with Crippen molar-refractivity contribution in [2.24, 2.45) is 5.73 Å². The topological polar surface area (TPSA) is 43.8 Å². The highest BCUT2D eigenvalue weighted by Crippen LogP contribution is 1.92. The van der Waals surface area contributed by atoms with E-state index in [9.17, 15) is 0 Å². The Morgan fingerprint density at radius 2 is 2.50 bits per heavy atom. The summed E-state index contributed by atoms with van der Waals surface area (Å²) < 4.78 is 1.86. The Hall–Kier alpha value is -0.830. The number of nitrogens with two attached hydrogens (primary N) is 1. The van der Waals surface area contributed by atoms with Gasteiger partial charge in [-0.25, -0.2) is 0 Å². The quantitative estimate of drug-likeness (QED) is 0.649. The first-order chi connectivity index (χ1) is 4.68. The van der Waals surface area contributed by atoms with Crippen LogP contribution in [0.1, 0.15) is 12.6 Å². The Balaban J connectivity index is 2.58. The second-order valence-corrected chi connectivity index (χ2v) is 2.66. The molecule has 1 aromatic heterocycles. The van der Waals surface area contributed by atoms with Crippen LogP contribution in [0, 0.1) is 6.92 Å². The molecule has 0 amide bonds. The third-order valence-electron chi connectivity index (χ3n) is 1.25. The first-order valence-electron chi connectivity index (χ1n) is 3.44. The molecule has 0 unspecified atom stereocenters. The molecule has 0 spiro atoms. The summed E-state index contributed by atoms with van der Waals surface area (Å²) in [5.74, 6) is 0. The largest absolute Gasteiger partial charge is 0.326 e. The van der Waals surface area contributed by atoms with E-state index in [1.807, 2.05) is 30.8 Å². The molecule has 0 saturated heterocycles. The average molecular weight is 139 g/mol. The van der Waals surface area contributed by atoms with Crippen LogP contribution in [-0.4, -0.2) is 15.8 Å². The van der Waals surface area contributed by atoms with Crippen molar-refractivity contribution in [3.8, 4) is 0 Å². The van der Waals surface area contributed by atoms with Gasteiger partial charge in [-0.1, -0.05) is 0 Å². The Bertz CT molecular complexity index is 202. The van der Waals surface area contributed by atoms with Crippen molar-refractivity contribution < 1.29 is 0 Å². The number of rotatable bonds is 2. The molecule has 0 saturated carbocycles. The zero-order chi connectivity index (χ0) is 7.56. The lowest BCUT2D eigenvalue weighted by atomic mass is 10.4. The molecule has 1 atom stereocenters. The summed E-state index contributed by atoms with van der Waals surface area (Å²) in [6.07, 6.45) is 1.94. The molecular weight excluding hydrogens is 126 g/mol. The van der Waals surface area contributed by atoms with Crippen molar-refractivity contribution in [3.63, 3.8) is 0 Å². The second kappa shape index (κ2) is 2.84. The lowest BCUT2D eigenvalue weighted by Crippen LogP contribution is -2.22. The first-order valence-corrected chi connectivity index (χ1v) is 3.44. The minimum atomic E-state index is 0.180. The summed E-state index contributed by atoms with van der Waals surface area (Å²) in [4.78, 5) is 0. The summed E-state index contributed by atoms with van der Waals surface area (Å²) in [5, 5.41) is 4.19. The fourth-order valence-electron chi connectivity index (χ4n) is 0.860. The average Bonchev–Trinajstić information content (AvgIpc) is 2.13. The van der Waals surface area contributed by atoms with E-state index >= 15 is 0 Å². The molecule has 56 valence electrons. The fourth-order valence-corrected chi connectivity index (χ4v) is 0.860. The third-order valence-corrected chi connectivity index (χ3v) is 1.25. The Kier molecular flexibility index (Phi) is 2.06. The van der Waals surface area contributed by atoms with Gasteiger partial charge < -0.3 is 5.73 Å². The van der Waals surface area contributed by atoms with Crippen LogP contribution in [0.5, 0.6) is 0 Å². The van der Waals surface area contributed by atoms with Crippen LogP contribution in [0.15, 0.2) is 12.3 Å². The Morgan fingerprint density at radius 1 is 1.80 bits per heavy atom.